The van der Waals surface area contributed by atoms with Gasteiger partial charge in [-0.1, -0.05) is 48.5 Å². The van der Waals surface area contributed by atoms with Gasteiger partial charge in [-0.25, -0.2) is 5.43 Å². The van der Waals surface area contributed by atoms with Gasteiger partial charge < -0.3 is 9.72 Å². The second-order valence-corrected chi connectivity index (χ2v) is 6.43. The molecule has 2 N–H and O–H groups in total. The Balaban J connectivity index is 1.56. The van der Waals surface area contributed by atoms with Gasteiger partial charge in [-0.2, -0.15) is 13.9 Å². The van der Waals surface area contributed by atoms with Crippen LogP contribution in [-0.4, -0.2) is 23.7 Å². The number of aromatic nitrogens is 1. The average Bonchev–Trinajstić information content (AvgIpc) is 3.15. The van der Waals surface area contributed by atoms with Crippen molar-refractivity contribution < 1.29 is 18.3 Å². The molecule has 0 radical (unpaired) electrons. The number of alkyl halides is 2. The number of carbonyl (C=O) groups excluding carboxylic acids is 1. The summed E-state index contributed by atoms with van der Waals surface area (Å²) in [5.41, 5.74) is 6.10. The highest BCUT2D eigenvalue weighted by Gasteiger charge is 2.18. The number of amides is 1. The van der Waals surface area contributed by atoms with Crippen LogP contribution in [0.1, 0.15) is 16.1 Å². The Morgan fingerprint density at radius 2 is 1.67 bits per heavy atom. The number of rotatable bonds is 6. The van der Waals surface area contributed by atoms with E-state index in [0.29, 0.717) is 11.3 Å². The standard InChI is InChI=1S/C23H17F2N3O2/c24-23(25)30-17-12-10-15(11-13-17)14-26-28-22(29)21-20(16-6-2-1-3-7-16)18-8-4-5-9-19(18)27-21/h1-14,23,27H,(H,28,29). The molecule has 3 aromatic carbocycles. The first-order chi connectivity index (χ1) is 14.6. The smallest absolute Gasteiger partial charge is 0.387 e. The molecule has 0 saturated heterocycles. The topological polar surface area (TPSA) is 66.5 Å². The van der Waals surface area contributed by atoms with Crippen molar-refractivity contribution in [3.63, 3.8) is 0 Å². The number of hydrogen-bond acceptors (Lipinski definition) is 3. The number of nitrogens with zero attached hydrogens (tertiary/aromatic N) is 1. The molecule has 0 aliphatic rings. The molecule has 0 saturated carbocycles. The van der Waals surface area contributed by atoms with E-state index in [4.69, 9.17) is 0 Å². The molecule has 0 aliphatic carbocycles. The third-order valence-corrected chi connectivity index (χ3v) is 4.48. The van der Waals surface area contributed by atoms with Crippen molar-refractivity contribution in [2.24, 2.45) is 5.10 Å². The molecule has 1 amide bonds. The second kappa shape index (κ2) is 8.57. The van der Waals surface area contributed by atoms with E-state index in [1.54, 1.807) is 12.1 Å². The third kappa shape index (κ3) is 4.20. The third-order valence-electron chi connectivity index (χ3n) is 4.48. The van der Waals surface area contributed by atoms with E-state index in [1.165, 1.54) is 18.3 Å². The lowest BCUT2D eigenvalue weighted by atomic mass is 10.0. The summed E-state index contributed by atoms with van der Waals surface area (Å²) in [6, 6.07) is 23.2. The van der Waals surface area contributed by atoms with E-state index in [1.807, 2.05) is 54.6 Å². The zero-order valence-electron chi connectivity index (χ0n) is 15.7. The van der Waals surface area contributed by atoms with Gasteiger partial charge in [-0.05, 0) is 41.5 Å². The van der Waals surface area contributed by atoms with Crippen LogP contribution in [0.2, 0.25) is 0 Å². The Kier molecular flexibility index (Phi) is 5.52. The maximum atomic E-state index is 12.8. The molecule has 0 aliphatic heterocycles. The van der Waals surface area contributed by atoms with Crippen LogP contribution in [0.5, 0.6) is 5.75 Å². The largest absolute Gasteiger partial charge is 0.435 e. The van der Waals surface area contributed by atoms with Crippen LogP contribution in [-0.2, 0) is 0 Å². The lowest BCUT2D eigenvalue weighted by Gasteiger charge is -2.05. The zero-order valence-corrected chi connectivity index (χ0v) is 15.7. The molecule has 0 fully saturated rings. The molecule has 1 aromatic heterocycles. The molecule has 150 valence electrons. The maximum absolute atomic E-state index is 12.8. The average molecular weight is 405 g/mol. The number of carbonyl (C=O) groups is 1. The quantitative estimate of drug-likeness (QED) is 0.342. The Bertz CT molecular complexity index is 1190. The monoisotopic (exact) mass is 405 g/mol. The van der Waals surface area contributed by atoms with Gasteiger partial charge in [0.15, 0.2) is 0 Å². The number of hydrazone groups is 1. The minimum absolute atomic E-state index is 0.0526. The van der Waals surface area contributed by atoms with E-state index < -0.39 is 6.61 Å². The van der Waals surface area contributed by atoms with E-state index in [0.717, 1.165) is 22.0 Å². The maximum Gasteiger partial charge on any atom is 0.387 e. The number of nitrogens with one attached hydrogen (secondary N) is 2. The minimum Gasteiger partial charge on any atom is -0.435 e. The van der Waals surface area contributed by atoms with Crippen molar-refractivity contribution in [2.45, 2.75) is 6.61 Å². The van der Waals surface area contributed by atoms with Crippen molar-refractivity contribution in [2.75, 3.05) is 0 Å². The van der Waals surface area contributed by atoms with Crippen LogP contribution in [0.15, 0.2) is 84.0 Å². The summed E-state index contributed by atoms with van der Waals surface area (Å²) in [5.74, 6) is -0.337. The Morgan fingerprint density at radius 3 is 2.40 bits per heavy atom. The molecule has 4 aromatic rings. The predicted molar refractivity (Wildman–Crippen MR) is 112 cm³/mol. The highest BCUT2D eigenvalue weighted by atomic mass is 19.3. The molecule has 30 heavy (non-hydrogen) atoms. The van der Waals surface area contributed by atoms with Crippen LogP contribution in [0, 0.1) is 0 Å². The first-order valence-corrected chi connectivity index (χ1v) is 9.16. The van der Waals surface area contributed by atoms with Gasteiger partial charge in [-0.15, -0.1) is 0 Å². The molecular formula is C23H17F2N3O2. The van der Waals surface area contributed by atoms with E-state index in [2.05, 4.69) is 20.2 Å². The minimum atomic E-state index is -2.88. The van der Waals surface area contributed by atoms with Crippen LogP contribution in [0.25, 0.3) is 22.0 Å². The Morgan fingerprint density at radius 1 is 0.967 bits per heavy atom. The SMILES string of the molecule is O=C(NN=Cc1ccc(OC(F)F)cc1)c1[nH]c2ccccc2c1-c1ccccc1. The summed E-state index contributed by atoms with van der Waals surface area (Å²) < 4.78 is 28.7. The number of halogens is 2. The van der Waals surface area contributed by atoms with Crippen molar-refractivity contribution in [1.29, 1.82) is 0 Å². The first kappa shape index (κ1) is 19.3. The molecule has 7 heteroatoms. The highest BCUT2D eigenvalue weighted by Crippen LogP contribution is 2.32. The number of H-pyrrole nitrogens is 1. The van der Waals surface area contributed by atoms with Gasteiger partial charge in [0.05, 0.1) is 6.21 Å². The number of para-hydroxylation sites is 1. The van der Waals surface area contributed by atoms with Gasteiger partial charge in [0.2, 0.25) is 0 Å². The van der Waals surface area contributed by atoms with Crippen LogP contribution < -0.4 is 10.2 Å². The lowest BCUT2D eigenvalue weighted by Crippen LogP contribution is -2.18. The molecular weight excluding hydrogens is 388 g/mol. The summed E-state index contributed by atoms with van der Waals surface area (Å²) in [6.07, 6.45) is 1.43. The van der Waals surface area contributed by atoms with Crippen molar-refractivity contribution in [1.82, 2.24) is 10.4 Å². The molecule has 5 nitrogen and oxygen atoms in total. The molecule has 0 atom stereocenters. The van der Waals surface area contributed by atoms with Crippen LogP contribution in [0.4, 0.5) is 8.78 Å². The summed E-state index contributed by atoms with van der Waals surface area (Å²) in [6.45, 7) is -2.88. The van der Waals surface area contributed by atoms with E-state index in [9.17, 15) is 13.6 Å². The fraction of sp³-hybridized carbons (Fsp3) is 0.0435. The fourth-order valence-electron chi connectivity index (χ4n) is 3.17. The van der Waals surface area contributed by atoms with Gasteiger partial charge in [0.25, 0.3) is 5.91 Å². The number of hydrogen-bond donors (Lipinski definition) is 2. The number of ether oxygens (including phenoxy) is 1. The van der Waals surface area contributed by atoms with Crippen LogP contribution >= 0.6 is 0 Å². The van der Waals surface area contributed by atoms with E-state index >= 15 is 0 Å². The number of fused-ring (bicyclic) bond motifs is 1. The van der Waals surface area contributed by atoms with Crippen molar-refractivity contribution in [3.8, 4) is 16.9 Å². The second-order valence-electron chi connectivity index (χ2n) is 6.43. The van der Waals surface area contributed by atoms with Gasteiger partial charge >= 0.3 is 6.61 Å². The van der Waals surface area contributed by atoms with Gasteiger partial charge in [-0.3, -0.25) is 4.79 Å². The normalized spacial score (nSPS) is 11.3. The molecule has 1 heterocycles. The fourth-order valence-corrected chi connectivity index (χ4v) is 3.17. The lowest BCUT2D eigenvalue weighted by molar-refractivity contribution is -0.0498. The summed E-state index contributed by atoms with van der Waals surface area (Å²) in [4.78, 5) is 16.0. The molecule has 0 unspecified atom stereocenters. The highest BCUT2D eigenvalue weighted by molar-refractivity contribution is 6.09. The van der Waals surface area contributed by atoms with Gasteiger partial charge in [0.1, 0.15) is 11.4 Å². The summed E-state index contributed by atoms with van der Waals surface area (Å²) in [7, 11) is 0. The van der Waals surface area contributed by atoms with Crippen molar-refractivity contribution >= 4 is 23.0 Å². The molecule has 0 bridgehead atoms. The summed E-state index contributed by atoms with van der Waals surface area (Å²) >= 11 is 0. The summed E-state index contributed by atoms with van der Waals surface area (Å²) in [5, 5.41) is 4.92. The number of aromatic amines is 1. The molecule has 4 rings (SSSR count). The Hall–Kier alpha value is -4.00. The predicted octanol–water partition coefficient (Wildman–Crippen LogP) is 5.20. The Labute approximate surface area is 171 Å². The van der Waals surface area contributed by atoms with Gasteiger partial charge in [0, 0.05) is 16.5 Å². The van der Waals surface area contributed by atoms with E-state index in [-0.39, 0.29) is 11.7 Å². The number of benzene rings is 3. The zero-order chi connectivity index (χ0) is 20.9. The van der Waals surface area contributed by atoms with Crippen LogP contribution in [0.3, 0.4) is 0 Å². The molecule has 0 spiro atoms. The van der Waals surface area contributed by atoms with Crippen molar-refractivity contribution in [3.05, 3.63) is 90.1 Å². The first-order valence-electron chi connectivity index (χ1n) is 9.16.